The third-order valence-electron chi connectivity index (χ3n) is 3.67. The average molecular weight is 228 g/mol. The fraction of sp³-hybridized carbons (Fsp3) is 0.923. The molecule has 0 bridgehead atoms. The van der Waals surface area contributed by atoms with E-state index < -0.39 is 5.60 Å². The first-order valence-electron chi connectivity index (χ1n) is 6.31. The second-order valence-corrected chi connectivity index (χ2v) is 5.26. The van der Waals surface area contributed by atoms with Crippen molar-refractivity contribution in [3.05, 3.63) is 0 Å². The van der Waals surface area contributed by atoms with Gasteiger partial charge >= 0.3 is 5.97 Å². The summed E-state index contributed by atoms with van der Waals surface area (Å²) in [6.07, 6.45) is 5.80. The van der Waals surface area contributed by atoms with E-state index in [0.717, 1.165) is 38.5 Å². The van der Waals surface area contributed by atoms with Crippen molar-refractivity contribution in [3.63, 3.8) is 0 Å². The van der Waals surface area contributed by atoms with Crippen LogP contribution < -0.4 is 0 Å². The van der Waals surface area contributed by atoms with Gasteiger partial charge in [0.25, 0.3) is 0 Å². The van der Waals surface area contributed by atoms with Crippen molar-refractivity contribution in [1.82, 2.24) is 0 Å². The topological polar surface area (TPSA) is 46.5 Å². The Morgan fingerprint density at radius 2 is 1.69 bits per heavy atom. The highest BCUT2D eigenvalue weighted by atomic mass is 16.5. The molecule has 0 aromatic carbocycles. The Morgan fingerprint density at radius 3 is 2.06 bits per heavy atom. The van der Waals surface area contributed by atoms with Gasteiger partial charge in [0, 0.05) is 0 Å². The summed E-state index contributed by atoms with van der Waals surface area (Å²) in [5, 5.41) is 10.7. The van der Waals surface area contributed by atoms with Crippen molar-refractivity contribution >= 4 is 5.97 Å². The first-order chi connectivity index (χ1) is 7.51. The third kappa shape index (κ3) is 2.97. The van der Waals surface area contributed by atoms with Crippen LogP contribution in [0.25, 0.3) is 0 Å². The molecule has 0 aromatic rings. The number of rotatable bonds is 3. The second-order valence-electron chi connectivity index (χ2n) is 5.26. The van der Waals surface area contributed by atoms with Crippen LogP contribution in [0.3, 0.4) is 0 Å². The van der Waals surface area contributed by atoms with Crippen molar-refractivity contribution in [2.75, 3.05) is 7.11 Å². The Hall–Kier alpha value is -0.570. The number of carbonyl (C=O) groups excluding carboxylic acids is 1. The fourth-order valence-electron chi connectivity index (χ4n) is 2.89. The maximum absolute atomic E-state index is 11.8. The monoisotopic (exact) mass is 228 g/mol. The number of esters is 1. The number of carbonyl (C=O) groups is 1. The van der Waals surface area contributed by atoms with Crippen LogP contribution in [-0.4, -0.2) is 23.8 Å². The fourth-order valence-corrected chi connectivity index (χ4v) is 2.89. The second kappa shape index (κ2) is 5.67. The number of aliphatic hydroxyl groups is 1. The van der Waals surface area contributed by atoms with Crippen LogP contribution in [0.1, 0.15) is 52.4 Å². The van der Waals surface area contributed by atoms with Gasteiger partial charge in [-0.15, -0.1) is 0 Å². The van der Waals surface area contributed by atoms with Crippen LogP contribution in [-0.2, 0) is 9.53 Å². The van der Waals surface area contributed by atoms with E-state index in [0.29, 0.717) is 0 Å². The van der Waals surface area contributed by atoms with E-state index in [9.17, 15) is 9.90 Å². The van der Waals surface area contributed by atoms with Crippen LogP contribution in [0.4, 0.5) is 0 Å². The van der Waals surface area contributed by atoms with E-state index in [1.165, 1.54) is 7.11 Å². The molecule has 1 N–H and O–H groups in total. The van der Waals surface area contributed by atoms with E-state index in [1.807, 2.05) is 13.8 Å². The summed E-state index contributed by atoms with van der Waals surface area (Å²) in [5.41, 5.74) is -0.849. The van der Waals surface area contributed by atoms with Crippen LogP contribution in [0.5, 0.6) is 0 Å². The van der Waals surface area contributed by atoms with Gasteiger partial charge in [0.05, 0.1) is 18.6 Å². The van der Waals surface area contributed by atoms with Crippen molar-refractivity contribution < 1.29 is 14.6 Å². The van der Waals surface area contributed by atoms with Gasteiger partial charge in [0.2, 0.25) is 0 Å². The molecule has 0 heterocycles. The average Bonchev–Trinajstić information content (AvgIpc) is 2.43. The molecule has 1 aliphatic rings. The van der Waals surface area contributed by atoms with Gasteiger partial charge in [0.1, 0.15) is 0 Å². The maximum Gasteiger partial charge on any atom is 0.311 e. The van der Waals surface area contributed by atoms with Gasteiger partial charge in [-0.25, -0.2) is 0 Å². The summed E-state index contributed by atoms with van der Waals surface area (Å²) in [6.45, 7) is 3.95. The highest BCUT2D eigenvalue weighted by molar-refractivity contribution is 5.74. The maximum atomic E-state index is 11.8. The van der Waals surface area contributed by atoms with Gasteiger partial charge in [-0.05, 0) is 18.8 Å². The van der Waals surface area contributed by atoms with Crippen LogP contribution >= 0.6 is 0 Å². The highest BCUT2D eigenvalue weighted by Gasteiger charge is 2.43. The van der Waals surface area contributed by atoms with Crippen molar-refractivity contribution in [3.8, 4) is 0 Å². The third-order valence-corrected chi connectivity index (χ3v) is 3.67. The Labute approximate surface area is 98.2 Å². The molecule has 0 saturated heterocycles. The van der Waals surface area contributed by atoms with E-state index in [-0.39, 0.29) is 17.8 Å². The summed E-state index contributed by atoms with van der Waals surface area (Å²) in [7, 11) is 1.40. The van der Waals surface area contributed by atoms with Gasteiger partial charge in [-0.2, -0.15) is 0 Å². The minimum Gasteiger partial charge on any atom is -0.469 e. The highest BCUT2D eigenvalue weighted by Crippen LogP contribution is 2.37. The number of methoxy groups -OCH3 is 1. The number of ether oxygens (including phenoxy) is 1. The Kier molecular flexibility index (Phi) is 4.78. The quantitative estimate of drug-likeness (QED) is 0.596. The Bertz CT molecular complexity index is 227. The summed E-state index contributed by atoms with van der Waals surface area (Å²) in [6, 6.07) is 0. The standard InChI is InChI=1S/C13H24O3/c1-10(2)11(12(14)16-3)13(15)8-6-4-5-7-9-13/h10-11,15H,4-9H2,1-3H3. The van der Waals surface area contributed by atoms with E-state index in [1.54, 1.807) is 0 Å². The molecule has 94 valence electrons. The lowest BCUT2D eigenvalue weighted by Crippen LogP contribution is -2.45. The molecule has 1 unspecified atom stereocenters. The molecule has 1 fully saturated rings. The first kappa shape index (κ1) is 13.5. The van der Waals surface area contributed by atoms with Crippen molar-refractivity contribution in [2.24, 2.45) is 11.8 Å². The molecular weight excluding hydrogens is 204 g/mol. The number of hydrogen-bond acceptors (Lipinski definition) is 3. The predicted molar refractivity (Wildman–Crippen MR) is 63.0 cm³/mol. The molecule has 3 heteroatoms. The Balaban J connectivity index is 2.85. The summed E-state index contributed by atoms with van der Waals surface area (Å²) in [4.78, 5) is 11.8. The molecule has 0 spiro atoms. The zero-order valence-electron chi connectivity index (χ0n) is 10.7. The van der Waals surface area contributed by atoms with Gasteiger partial charge < -0.3 is 9.84 Å². The molecule has 3 nitrogen and oxygen atoms in total. The van der Waals surface area contributed by atoms with E-state index >= 15 is 0 Å². The molecule has 1 saturated carbocycles. The molecule has 0 amide bonds. The van der Waals surface area contributed by atoms with E-state index in [2.05, 4.69) is 0 Å². The zero-order valence-corrected chi connectivity index (χ0v) is 10.7. The molecule has 0 aromatic heterocycles. The molecule has 1 atom stereocenters. The SMILES string of the molecule is COC(=O)C(C(C)C)C1(O)CCCCCC1. The van der Waals surface area contributed by atoms with Crippen LogP contribution in [0.2, 0.25) is 0 Å². The molecule has 0 aliphatic heterocycles. The summed E-state index contributed by atoms with van der Waals surface area (Å²) in [5.74, 6) is -0.523. The Morgan fingerprint density at radius 1 is 1.19 bits per heavy atom. The molecular formula is C13H24O3. The molecule has 1 aliphatic carbocycles. The largest absolute Gasteiger partial charge is 0.469 e. The van der Waals surface area contributed by atoms with Crippen LogP contribution in [0, 0.1) is 11.8 Å². The smallest absolute Gasteiger partial charge is 0.311 e. The van der Waals surface area contributed by atoms with E-state index in [4.69, 9.17) is 4.74 Å². The normalized spacial score (nSPS) is 22.6. The zero-order chi connectivity index (χ0) is 12.2. The van der Waals surface area contributed by atoms with Gasteiger partial charge in [0.15, 0.2) is 0 Å². The lowest BCUT2D eigenvalue weighted by molar-refractivity contribution is -0.160. The molecule has 1 rings (SSSR count). The molecule has 16 heavy (non-hydrogen) atoms. The predicted octanol–water partition coefficient (Wildman–Crippen LogP) is 2.52. The molecule has 0 radical (unpaired) electrons. The van der Waals surface area contributed by atoms with Gasteiger partial charge in [-0.3, -0.25) is 4.79 Å². The minimum atomic E-state index is -0.849. The summed E-state index contributed by atoms with van der Waals surface area (Å²) < 4.78 is 4.83. The van der Waals surface area contributed by atoms with Crippen molar-refractivity contribution in [2.45, 2.75) is 58.0 Å². The van der Waals surface area contributed by atoms with Crippen molar-refractivity contribution in [1.29, 1.82) is 0 Å². The lowest BCUT2D eigenvalue weighted by atomic mass is 9.75. The minimum absolute atomic E-state index is 0.121. The summed E-state index contributed by atoms with van der Waals surface area (Å²) >= 11 is 0. The lowest BCUT2D eigenvalue weighted by Gasteiger charge is -2.36. The number of hydrogen-bond donors (Lipinski definition) is 1. The van der Waals surface area contributed by atoms with Crippen LogP contribution in [0.15, 0.2) is 0 Å². The first-order valence-corrected chi connectivity index (χ1v) is 6.31. The van der Waals surface area contributed by atoms with Gasteiger partial charge in [-0.1, -0.05) is 39.5 Å².